The summed E-state index contributed by atoms with van der Waals surface area (Å²) < 4.78 is 1.57. The van der Waals surface area contributed by atoms with Crippen LogP contribution in [0.2, 0.25) is 0 Å². The predicted octanol–water partition coefficient (Wildman–Crippen LogP) is 2.28. The number of nitrogens with one attached hydrogen (secondary N) is 1. The minimum Gasteiger partial charge on any atom is -0.478 e. The van der Waals surface area contributed by atoms with Crippen molar-refractivity contribution in [2.75, 3.05) is 31.1 Å². The number of rotatable bonds is 10. The molecule has 0 amide bonds. The molecule has 40 heavy (non-hydrogen) atoms. The van der Waals surface area contributed by atoms with Gasteiger partial charge in [-0.3, -0.25) is 14.7 Å². The van der Waals surface area contributed by atoms with Crippen molar-refractivity contribution in [2.45, 2.75) is 78.3 Å². The van der Waals surface area contributed by atoms with Crippen molar-refractivity contribution < 1.29 is 19.8 Å². The molecule has 12 nitrogen and oxygen atoms in total. The number of piperazine rings is 1. The Morgan fingerprint density at radius 2 is 1.70 bits per heavy atom. The third kappa shape index (κ3) is 10.8. The van der Waals surface area contributed by atoms with E-state index in [1.807, 2.05) is 0 Å². The Bertz CT molecular complexity index is 1260. The molecule has 1 unspecified atom stereocenters. The maximum absolute atomic E-state index is 11.8. The van der Waals surface area contributed by atoms with Crippen molar-refractivity contribution in [3.8, 4) is 0 Å². The van der Waals surface area contributed by atoms with E-state index in [9.17, 15) is 19.2 Å². The summed E-state index contributed by atoms with van der Waals surface area (Å²) in [6, 6.07) is 4.01. The standard InChI is InChI=1S/C24H38N6O2.C4H4O4/c1-6-8-19-17-20(26-22(25-19)24(3,4)5)29-15-13-28(14-16-29)18(2)9-7-11-30-12-10-21(31)27-23(30)32;5-3(6)1-2-4(7)8/h10,12,17-18H,6-9,11,13-16H2,1-5H3,(H,27,31,32);1-2H,(H,5,6)(H,7,8). The third-order valence-electron chi connectivity index (χ3n) is 6.49. The van der Waals surface area contributed by atoms with E-state index in [2.05, 4.69) is 55.5 Å². The normalized spacial score (nSPS) is 15.0. The summed E-state index contributed by atoms with van der Waals surface area (Å²) in [5.74, 6) is -0.537. The number of carboxylic acid groups (broad SMARTS) is 2. The number of aromatic amines is 1. The van der Waals surface area contributed by atoms with Crippen LogP contribution in [-0.4, -0.2) is 78.8 Å². The molecule has 3 heterocycles. The van der Waals surface area contributed by atoms with Gasteiger partial charge in [-0.25, -0.2) is 24.4 Å². The Kier molecular flexibility index (Phi) is 12.2. The van der Waals surface area contributed by atoms with Crippen molar-refractivity contribution in [1.29, 1.82) is 0 Å². The van der Waals surface area contributed by atoms with Crippen LogP contribution in [0.4, 0.5) is 5.82 Å². The van der Waals surface area contributed by atoms with Crippen LogP contribution in [0.15, 0.2) is 40.1 Å². The molecule has 0 spiro atoms. The Balaban J connectivity index is 0.000000611. The van der Waals surface area contributed by atoms with Gasteiger partial charge in [0, 0.05) is 80.4 Å². The van der Waals surface area contributed by atoms with E-state index in [0.29, 0.717) is 24.7 Å². The number of hydrogen-bond acceptors (Lipinski definition) is 8. The Morgan fingerprint density at radius 3 is 2.23 bits per heavy atom. The molecular formula is C28H42N6O6. The zero-order valence-corrected chi connectivity index (χ0v) is 24.1. The van der Waals surface area contributed by atoms with Gasteiger partial charge in [0.15, 0.2) is 0 Å². The topological polar surface area (TPSA) is 162 Å². The van der Waals surface area contributed by atoms with Gasteiger partial charge in [-0.1, -0.05) is 34.1 Å². The van der Waals surface area contributed by atoms with Crippen molar-refractivity contribution in [2.24, 2.45) is 0 Å². The van der Waals surface area contributed by atoms with Crippen molar-refractivity contribution in [1.82, 2.24) is 24.4 Å². The molecule has 2 aromatic heterocycles. The summed E-state index contributed by atoms with van der Waals surface area (Å²) in [5, 5.41) is 15.6. The molecule has 1 aliphatic rings. The number of hydrogen-bond donors (Lipinski definition) is 3. The number of nitrogens with zero attached hydrogens (tertiary/aromatic N) is 5. The maximum atomic E-state index is 11.8. The Labute approximate surface area is 234 Å². The molecule has 1 atom stereocenters. The van der Waals surface area contributed by atoms with Crippen LogP contribution in [0.3, 0.4) is 0 Å². The molecule has 220 valence electrons. The molecule has 0 aliphatic carbocycles. The van der Waals surface area contributed by atoms with E-state index in [0.717, 1.165) is 69.2 Å². The number of H-pyrrole nitrogens is 1. The minimum atomic E-state index is -1.26. The molecule has 1 saturated heterocycles. The largest absolute Gasteiger partial charge is 0.478 e. The highest BCUT2D eigenvalue weighted by molar-refractivity contribution is 5.89. The summed E-state index contributed by atoms with van der Waals surface area (Å²) >= 11 is 0. The lowest BCUT2D eigenvalue weighted by Gasteiger charge is -2.39. The number of anilines is 1. The average Bonchev–Trinajstić information content (AvgIpc) is 2.88. The molecule has 0 saturated carbocycles. The van der Waals surface area contributed by atoms with Gasteiger partial charge in [-0.15, -0.1) is 0 Å². The predicted molar refractivity (Wildman–Crippen MR) is 153 cm³/mol. The van der Waals surface area contributed by atoms with Crippen LogP contribution in [0.5, 0.6) is 0 Å². The fourth-order valence-corrected chi connectivity index (χ4v) is 4.26. The lowest BCUT2D eigenvalue weighted by Crippen LogP contribution is -2.50. The van der Waals surface area contributed by atoms with E-state index in [1.165, 1.54) is 6.07 Å². The maximum Gasteiger partial charge on any atom is 0.328 e. The lowest BCUT2D eigenvalue weighted by atomic mass is 9.95. The summed E-state index contributed by atoms with van der Waals surface area (Å²) in [4.78, 5) is 59.1. The highest BCUT2D eigenvalue weighted by Crippen LogP contribution is 2.24. The number of carboxylic acids is 2. The summed E-state index contributed by atoms with van der Waals surface area (Å²) in [5.41, 5.74) is 0.386. The van der Waals surface area contributed by atoms with E-state index in [4.69, 9.17) is 20.2 Å². The van der Waals surface area contributed by atoms with Crippen molar-refractivity contribution in [3.63, 3.8) is 0 Å². The Hall–Kier alpha value is -3.80. The van der Waals surface area contributed by atoms with Gasteiger partial charge in [-0.05, 0) is 26.2 Å². The van der Waals surface area contributed by atoms with Gasteiger partial charge in [0.1, 0.15) is 11.6 Å². The SMILES string of the molecule is CCCc1cc(N2CCN(C(C)CCCn3ccc(=O)[nH]c3=O)CC2)nc(C(C)(C)C)n1.O=C(O)C=CC(=O)O. The smallest absolute Gasteiger partial charge is 0.328 e. The van der Waals surface area contributed by atoms with E-state index in [1.54, 1.807) is 10.8 Å². The molecule has 0 radical (unpaired) electrons. The average molecular weight is 559 g/mol. The van der Waals surface area contributed by atoms with Crippen molar-refractivity contribution >= 4 is 17.8 Å². The molecule has 0 aromatic carbocycles. The second-order valence-electron chi connectivity index (χ2n) is 10.9. The first-order valence-corrected chi connectivity index (χ1v) is 13.6. The lowest BCUT2D eigenvalue weighted by molar-refractivity contribution is -0.134. The molecule has 3 rings (SSSR count). The fourth-order valence-electron chi connectivity index (χ4n) is 4.26. The second kappa shape index (κ2) is 15.1. The number of aromatic nitrogens is 4. The molecule has 2 aromatic rings. The highest BCUT2D eigenvalue weighted by Gasteiger charge is 2.24. The first-order valence-electron chi connectivity index (χ1n) is 13.6. The third-order valence-corrected chi connectivity index (χ3v) is 6.49. The first kappa shape index (κ1) is 32.4. The molecular weight excluding hydrogens is 516 g/mol. The highest BCUT2D eigenvalue weighted by atomic mass is 16.4. The van der Waals surface area contributed by atoms with Gasteiger partial charge in [-0.2, -0.15) is 0 Å². The summed E-state index contributed by atoms with van der Waals surface area (Å²) in [6.07, 6.45) is 6.66. The summed E-state index contributed by atoms with van der Waals surface area (Å²) in [7, 11) is 0. The van der Waals surface area contributed by atoms with E-state index in [-0.39, 0.29) is 16.7 Å². The number of aryl methyl sites for hydroxylation is 2. The van der Waals surface area contributed by atoms with Gasteiger partial charge < -0.3 is 19.7 Å². The summed E-state index contributed by atoms with van der Waals surface area (Å²) in [6.45, 7) is 15.5. The molecule has 3 N–H and O–H groups in total. The quantitative estimate of drug-likeness (QED) is 0.369. The van der Waals surface area contributed by atoms with Crippen LogP contribution >= 0.6 is 0 Å². The zero-order valence-electron chi connectivity index (χ0n) is 24.1. The van der Waals surface area contributed by atoms with Crippen LogP contribution < -0.4 is 16.1 Å². The van der Waals surface area contributed by atoms with Crippen molar-refractivity contribution in [3.05, 3.63) is 62.8 Å². The second-order valence-corrected chi connectivity index (χ2v) is 10.9. The zero-order chi connectivity index (χ0) is 29.9. The van der Waals surface area contributed by atoms with Crippen LogP contribution in [0.25, 0.3) is 0 Å². The Morgan fingerprint density at radius 1 is 1.07 bits per heavy atom. The fraction of sp³-hybridized carbons (Fsp3) is 0.571. The number of carbonyl (C=O) groups is 2. The van der Waals surface area contributed by atoms with Gasteiger partial charge in [0.25, 0.3) is 5.56 Å². The van der Waals surface area contributed by atoms with E-state index >= 15 is 0 Å². The molecule has 12 heteroatoms. The minimum absolute atomic E-state index is 0.0669. The van der Waals surface area contributed by atoms with Gasteiger partial charge in [0.05, 0.1) is 0 Å². The van der Waals surface area contributed by atoms with Gasteiger partial charge >= 0.3 is 17.6 Å². The molecule has 1 aliphatic heterocycles. The van der Waals surface area contributed by atoms with E-state index < -0.39 is 11.9 Å². The van der Waals surface area contributed by atoms with Crippen LogP contribution in [-0.2, 0) is 28.0 Å². The van der Waals surface area contributed by atoms with Crippen LogP contribution in [0, 0.1) is 0 Å². The molecule has 0 bridgehead atoms. The van der Waals surface area contributed by atoms with Gasteiger partial charge in [0.2, 0.25) is 0 Å². The number of aliphatic carboxylic acids is 2. The first-order chi connectivity index (χ1) is 18.8. The monoisotopic (exact) mass is 558 g/mol. The molecule has 1 fully saturated rings. The van der Waals surface area contributed by atoms with Crippen LogP contribution in [0.1, 0.15) is 65.4 Å².